The summed E-state index contributed by atoms with van der Waals surface area (Å²) in [6.45, 7) is 0.600. The number of carbonyl (C=O) groups excluding carboxylic acids is 1. The third-order valence-electron chi connectivity index (χ3n) is 4.62. The molecular formula is C16H23N3O2. The van der Waals surface area contributed by atoms with E-state index in [0.717, 1.165) is 49.0 Å². The first kappa shape index (κ1) is 14.2. The molecule has 4 N–H and O–H groups in total. The number of aliphatic hydroxyl groups is 1. The van der Waals surface area contributed by atoms with Gasteiger partial charge in [-0.25, -0.2) is 0 Å². The lowest BCUT2D eigenvalue weighted by molar-refractivity contribution is -0.116. The van der Waals surface area contributed by atoms with Gasteiger partial charge in [-0.1, -0.05) is 12.8 Å². The lowest BCUT2D eigenvalue weighted by atomic mass is 9.99. The van der Waals surface area contributed by atoms with Crippen molar-refractivity contribution in [3.63, 3.8) is 0 Å². The monoisotopic (exact) mass is 289 g/mol. The van der Waals surface area contributed by atoms with Crippen LogP contribution in [0.2, 0.25) is 0 Å². The van der Waals surface area contributed by atoms with E-state index >= 15 is 0 Å². The smallest absolute Gasteiger partial charge is 0.224 e. The molecule has 0 bridgehead atoms. The van der Waals surface area contributed by atoms with Crippen LogP contribution < -0.4 is 16.0 Å². The number of hydrogen-bond donors (Lipinski definition) is 3. The van der Waals surface area contributed by atoms with Gasteiger partial charge in [0.15, 0.2) is 0 Å². The molecule has 0 radical (unpaired) electrons. The Kier molecular flexibility index (Phi) is 3.53. The topological polar surface area (TPSA) is 78.6 Å². The number of hydrogen-bond acceptors (Lipinski definition) is 4. The van der Waals surface area contributed by atoms with E-state index in [2.05, 4.69) is 5.32 Å². The molecule has 1 fully saturated rings. The van der Waals surface area contributed by atoms with Gasteiger partial charge >= 0.3 is 0 Å². The molecule has 1 aliphatic heterocycles. The zero-order chi connectivity index (χ0) is 15.0. The molecule has 114 valence electrons. The summed E-state index contributed by atoms with van der Waals surface area (Å²) in [4.78, 5) is 13.5. The third-order valence-corrected chi connectivity index (χ3v) is 4.62. The highest BCUT2D eigenvalue weighted by Gasteiger charge is 2.32. The molecule has 1 amide bonds. The third kappa shape index (κ3) is 2.83. The fourth-order valence-corrected chi connectivity index (χ4v) is 3.48. The van der Waals surface area contributed by atoms with E-state index in [1.807, 2.05) is 24.1 Å². The molecule has 0 atom stereocenters. The van der Waals surface area contributed by atoms with Crippen LogP contribution in [0.3, 0.4) is 0 Å². The number of aryl methyl sites for hydroxylation is 1. The van der Waals surface area contributed by atoms with Crippen molar-refractivity contribution in [3.8, 4) is 0 Å². The normalized spacial score (nSPS) is 20.0. The van der Waals surface area contributed by atoms with E-state index in [0.29, 0.717) is 18.7 Å². The number of benzene rings is 1. The molecule has 1 aromatic rings. The van der Waals surface area contributed by atoms with E-state index < -0.39 is 5.60 Å². The lowest BCUT2D eigenvalue weighted by Crippen LogP contribution is -2.39. The molecule has 5 nitrogen and oxygen atoms in total. The zero-order valence-corrected chi connectivity index (χ0v) is 12.5. The van der Waals surface area contributed by atoms with Crippen molar-refractivity contribution >= 4 is 23.0 Å². The van der Waals surface area contributed by atoms with Crippen LogP contribution in [-0.2, 0) is 11.2 Å². The fraction of sp³-hybridized carbons (Fsp3) is 0.562. The van der Waals surface area contributed by atoms with Gasteiger partial charge in [-0.2, -0.15) is 0 Å². The molecule has 3 rings (SSSR count). The van der Waals surface area contributed by atoms with Crippen molar-refractivity contribution in [3.05, 3.63) is 17.7 Å². The van der Waals surface area contributed by atoms with Crippen molar-refractivity contribution in [2.24, 2.45) is 0 Å². The number of amides is 1. The summed E-state index contributed by atoms with van der Waals surface area (Å²) in [5, 5.41) is 13.4. The number of nitrogen functional groups attached to an aromatic ring is 1. The number of nitrogens with zero attached hydrogens (tertiary/aromatic N) is 1. The van der Waals surface area contributed by atoms with E-state index in [1.54, 1.807) is 0 Å². The van der Waals surface area contributed by atoms with Gasteiger partial charge in [-0.05, 0) is 37.0 Å². The van der Waals surface area contributed by atoms with Gasteiger partial charge < -0.3 is 21.1 Å². The first-order valence-corrected chi connectivity index (χ1v) is 7.63. The van der Waals surface area contributed by atoms with Gasteiger partial charge in [0.05, 0.1) is 17.0 Å². The summed E-state index contributed by atoms with van der Waals surface area (Å²) >= 11 is 0. The van der Waals surface area contributed by atoms with Gasteiger partial charge in [0.25, 0.3) is 0 Å². The Balaban J connectivity index is 1.83. The lowest BCUT2D eigenvalue weighted by Gasteiger charge is -2.31. The first-order chi connectivity index (χ1) is 9.97. The zero-order valence-electron chi connectivity index (χ0n) is 12.5. The van der Waals surface area contributed by atoms with Crippen molar-refractivity contribution in [2.75, 3.05) is 29.5 Å². The number of carbonyl (C=O) groups is 1. The van der Waals surface area contributed by atoms with Crippen molar-refractivity contribution < 1.29 is 9.90 Å². The number of fused-ring (bicyclic) bond motifs is 1. The van der Waals surface area contributed by atoms with Gasteiger partial charge in [0, 0.05) is 25.7 Å². The number of anilines is 3. The van der Waals surface area contributed by atoms with Crippen LogP contribution >= 0.6 is 0 Å². The molecule has 1 aliphatic carbocycles. The minimum absolute atomic E-state index is 0.0447. The van der Waals surface area contributed by atoms with Crippen LogP contribution in [-0.4, -0.2) is 30.2 Å². The second kappa shape index (κ2) is 5.22. The molecule has 1 aromatic carbocycles. The van der Waals surface area contributed by atoms with Crippen molar-refractivity contribution in [1.29, 1.82) is 0 Å². The van der Waals surface area contributed by atoms with Crippen LogP contribution in [0.25, 0.3) is 0 Å². The van der Waals surface area contributed by atoms with Crippen molar-refractivity contribution in [1.82, 2.24) is 0 Å². The highest BCUT2D eigenvalue weighted by atomic mass is 16.3. The number of rotatable bonds is 3. The molecular weight excluding hydrogens is 266 g/mol. The molecule has 0 unspecified atom stereocenters. The second-order valence-electron chi connectivity index (χ2n) is 6.40. The van der Waals surface area contributed by atoms with E-state index in [9.17, 15) is 9.90 Å². The molecule has 1 heterocycles. The molecule has 21 heavy (non-hydrogen) atoms. The Morgan fingerprint density at radius 3 is 2.76 bits per heavy atom. The quantitative estimate of drug-likeness (QED) is 0.743. The minimum Gasteiger partial charge on any atom is -0.397 e. The maximum Gasteiger partial charge on any atom is 0.224 e. The molecule has 0 saturated heterocycles. The molecule has 2 aliphatic rings. The summed E-state index contributed by atoms with van der Waals surface area (Å²) < 4.78 is 0. The average molecular weight is 289 g/mol. The van der Waals surface area contributed by atoms with Gasteiger partial charge in [0.1, 0.15) is 0 Å². The minimum atomic E-state index is -0.592. The fourth-order valence-electron chi connectivity index (χ4n) is 3.48. The summed E-state index contributed by atoms with van der Waals surface area (Å²) in [5.41, 5.74) is 9.05. The van der Waals surface area contributed by atoms with Gasteiger partial charge in [0.2, 0.25) is 5.91 Å². The number of nitrogens with two attached hydrogens (primary N) is 1. The highest BCUT2D eigenvalue weighted by Crippen LogP contribution is 2.35. The van der Waals surface area contributed by atoms with E-state index in [4.69, 9.17) is 5.73 Å². The Bertz CT molecular complexity index is 565. The van der Waals surface area contributed by atoms with Crippen LogP contribution in [0.4, 0.5) is 17.1 Å². The van der Waals surface area contributed by atoms with Crippen molar-refractivity contribution in [2.45, 2.75) is 44.1 Å². The Morgan fingerprint density at radius 1 is 1.33 bits per heavy atom. The average Bonchev–Trinajstić information content (AvgIpc) is 2.84. The summed E-state index contributed by atoms with van der Waals surface area (Å²) in [7, 11) is 1.97. The predicted octanol–water partition coefficient (Wildman–Crippen LogP) is 1.89. The van der Waals surface area contributed by atoms with Crippen LogP contribution in [0, 0.1) is 0 Å². The Labute approximate surface area is 125 Å². The molecule has 5 heteroatoms. The van der Waals surface area contributed by atoms with Crippen LogP contribution in [0.1, 0.15) is 37.7 Å². The Hall–Kier alpha value is -1.75. The van der Waals surface area contributed by atoms with Crippen LogP contribution in [0.5, 0.6) is 0 Å². The maximum atomic E-state index is 11.4. The summed E-state index contributed by atoms with van der Waals surface area (Å²) in [5.74, 6) is 0.0447. The summed E-state index contributed by atoms with van der Waals surface area (Å²) in [6, 6.07) is 3.87. The van der Waals surface area contributed by atoms with E-state index in [1.165, 1.54) is 0 Å². The molecule has 0 spiro atoms. The Morgan fingerprint density at radius 2 is 2.05 bits per heavy atom. The summed E-state index contributed by atoms with van der Waals surface area (Å²) in [6.07, 6.45) is 5.17. The molecule has 0 aromatic heterocycles. The van der Waals surface area contributed by atoms with E-state index in [-0.39, 0.29) is 5.91 Å². The standard InChI is InChI=1S/C16H23N3O2/c1-19(10-16(21)6-2-3-7-16)14-8-11-4-5-15(20)18-13(11)9-12(14)17/h8-9,21H,2-7,10,17H2,1H3,(H,18,20). The SMILES string of the molecule is CN(CC1(O)CCCC1)c1cc2c(cc1N)NC(=O)CC2. The second-order valence-corrected chi connectivity index (χ2v) is 6.40. The predicted molar refractivity (Wildman–Crippen MR) is 84.5 cm³/mol. The maximum absolute atomic E-state index is 11.4. The van der Waals surface area contributed by atoms with Gasteiger partial charge in [-0.15, -0.1) is 0 Å². The molecule has 1 saturated carbocycles. The number of nitrogens with one attached hydrogen (secondary N) is 1. The van der Waals surface area contributed by atoms with Crippen LogP contribution in [0.15, 0.2) is 12.1 Å². The highest BCUT2D eigenvalue weighted by molar-refractivity contribution is 5.95. The largest absolute Gasteiger partial charge is 0.397 e. The number of likely N-dealkylation sites (N-methyl/N-ethyl adjacent to an activating group) is 1. The first-order valence-electron chi connectivity index (χ1n) is 7.63. The van der Waals surface area contributed by atoms with Gasteiger partial charge in [-0.3, -0.25) is 4.79 Å².